The molecule has 2 aliphatic heterocycles. The van der Waals surface area contributed by atoms with Gasteiger partial charge < -0.3 is 10.6 Å². The van der Waals surface area contributed by atoms with Gasteiger partial charge in [-0.05, 0) is 61.2 Å². The lowest BCUT2D eigenvalue weighted by Crippen LogP contribution is -2.38. The van der Waals surface area contributed by atoms with Crippen molar-refractivity contribution >= 4 is 28.2 Å². The summed E-state index contributed by atoms with van der Waals surface area (Å²) in [7, 11) is 0. The van der Waals surface area contributed by atoms with Crippen LogP contribution in [0, 0.1) is 0 Å². The molecule has 0 fully saturated rings. The number of rotatable bonds is 7. The van der Waals surface area contributed by atoms with Gasteiger partial charge in [0.1, 0.15) is 0 Å². The first-order valence-corrected chi connectivity index (χ1v) is 11.7. The quantitative estimate of drug-likeness (QED) is 0.553. The first-order chi connectivity index (χ1) is 16.2. The van der Waals surface area contributed by atoms with Crippen molar-refractivity contribution in [3.63, 3.8) is 0 Å². The largest absolute Gasteiger partial charge is 0.348 e. The highest BCUT2D eigenvalue weighted by Gasteiger charge is 2.33. The van der Waals surface area contributed by atoms with Crippen molar-refractivity contribution in [2.24, 2.45) is 10.8 Å². The van der Waals surface area contributed by atoms with E-state index in [1.54, 1.807) is 11.2 Å². The maximum atomic E-state index is 13.5. The minimum Gasteiger partial charge on any atom is -0.348 e. The normalized spacial score (nSPS) is 18.3. The van der Waals surface area contributed by atoms with Crippen LogP contribution in [0.25, 0.3) is 10.9 Å². The van der Waals surface area contributed by atoms with E-state index in [0.717, 1.165) is 53.5 Å². The summed E-state index contributed by atoms with van der Waals surface area (Å²) in [4.78, 5) is 20.3. The molecule has 2 N–H and O–H groups in total. The highest BCUT2D eigenvalue weighted by Crippen LogP contribution is 2.33. The Morgan fingerprint density at radius 1 is 1.03 bits per heavy atom. The van der Waals surface area contributed by atoms with Crippen molar-refractivity contribution in [1.29, 1.82) is 0 Å². The number of carbonyl (C=O) groups excluding carboxylic acids is 1. The molecule has 5 rings (SSSR count). The number of hydrogen-bond acceptors (Lipinski definition) is 5. The van der Waals surface area contributed by atoms with Crippen molar-refractivity contribution in [3.05, 3.63) is 84.2 Å². The van der Waals surface area contributed by atoms with E-state index < -0.39 is 0 Å². The lowest BCUT2D eigenvalue weighted by Gasteiger charge is -2.30. The van der Waals surface area contributed by atoms with Crippen LogP contribution in [0.5, 0.6) is 0 Å². The van der Waals surface area contributed by atoms with Crippen molar-refractivity contribution in [3.8, 4) is 0 Å². The number of aromatic nitrogens is 1. The van der Waals surface area contributed by atoms with Crippen LogP contribution in [0.2, 0.25) is 0 Å². The van der Waals surface area contributed by atoms with Crippen molar-refractivity contribution in [2.45, 2.75) is 31.6 Å². The molecule has 2 aromatic carbocycles. The smallest absolute Gasteiger partial charge is 0.250 e. The van der Waals surface area contributed by atoms with Gasteiger partial charge in [-0.2, -0.15) is 5.10 Å². The van der Waals surface area contributed by atoms with Gasteiger partial charge in [0, 0.05) is 43.0 Å². The number of nitrogens with zero attached hydrogens (tertiary/aromatic N) is 4. The fourth-order valence-electron chi connectivity index (χ4n) is 4.66. The molecule has 1 atom stereocenters. The predicted octanol–water partition coefficient (Wildman–Crippen LogP) is 4.42. The van der Waals surface area contributed by atoms with Gasteiger partial charge in [0.25, 0.3) is 5.91 Å². The fourth-order valence-corrected chi connectivity index (χ4v) is 4.66. The zero-order chi connectivity index (χ0) is 22.6. The lowest BCUT2D eigenvalue weighted by atomic mass is 9.86. The van der Waals surface area contributed by atoms with E-state index >= 15 is 0 Å². The maximum Gasteiger partial charge on any atom is 0.250 e. The number of benzene rings is 2. The molecule has 1 aromatic heterocycles. The standard InChI is InChI=1S/C27H29N5O/c28-14-1-2-18-32-27(33)24(22-7-5-9-25-23(22)8-6-15-29-25)19-26(30-32)20-10-12-21(13-11-20)31-16-3-4-17-31/h3,5-13,15-16,24H,1-2,4,14,17-19,28H2. The summed E-state index contributed by atoms with van der Waals surface area (Å²) >= 11 is 0. The summed E-state index contributed by atoms with van der Waals surface area (Å²) in [5.41, 5.74) is 10.8. The molecule has 1 amide bonds. The van der Waals surface area contributed by atoms with E-state index in [0.29, 0.717) is 19.5 Å². The van der Waals surface area contributed by atoms with Crippen LogP contribution in [0.4, 0.5) is 5.69 Å². The van der Waals surface area contributed by atoms with Crippen LogP contribution >= 0.6 is 0 Å². The number of hydrogen-bond donors (Lipinski definition) is 1. The average Bonchev–Trinajstić information content (AvgIpc) is 3.40. The number of carbonyl (C=O) groups is 1. The summed E-state index contributed by atoms with van der Waals surface area (Å²) < 4.78 is 0. The first kappa shape index (κ1) is 21.3. The zero-order valence-electron chi connectivity index (χ0n) is 18.7. The van der Waals surface area contributed by atoms with E-state index in [2.05, 4.69) is 52.5 Å². The molecule has 0 radical (unpaired) electrons. The van der Waals surface area contributed by atoms with E-state index in [1.807, 2.05) is 24.3 Å². The van der Waals surface area contributed by atoms with Gasteiger partial charge in [-0.3, -0.25) is 9.78 Å². The predicted molar refractivity (Wildman–Crippen MR) is 133 cm³/mol. The van der Waals surface area contributed by atoms with Gasteiger partial charge in [0.15, 0.2) is 0 Å². The summed E-state index contributed by atoms with van der Waals surface area (Å²) in [5, 5.41) is 7.49. The molecule has 6 heteroatoms. The van der Waals surface area contributed by atoms with Crippen LogP contribution in [-0.4, -0.2) is 41.2 Å². The van der Waals surface area contributed by atoms with E-state index in [-0.39, 0.29) is 11.8 Å². The third-order valence-corrected chi connectivity index (χ3v) is 6.42. The third-order valence-electron chi connectivity index (χ3n) is 6.42. The molecule has 0 saturated heterocycles. The van der Waals surface area contributed by atoms with E-state index in [4.69, 9.17) is 10.8 Å². The second-order valence-electron chi connectivity index (χ2n) is 8.59. The van der Waals surface area contributed by atoms with Gasteiger partial charge in [0.05, 0.1) is 17.1 Å². The Bertz CT molecular complexity index is 1200. The SMILES string of the molecule is NCCCCN1N=C(c2ccc(N3C=CCC3)cc2)CC(c2cccc3ncccc23)C1=O. The van der Waals surface area contributed by atoms with Gasteiger partial charge in [-0.15, -0.1) is 0 Å². The second kappa shape index (κ2) is 9.55. The van der Waals surface area contributed by atoms with E-state index in [1.165, 1.54) is 5.69 Å². The third kappa shape index (κ3) is 4.39. The monoisotopic (exact) mass is 439 g/mol. The van der Waals surface area contributed by atoms with Crippen LogP contribution < -0.4 is 10.6 Å². The molecule has 3 heterocycles. The van der Waals surface area contributed by atoms with Crippen molar-refractivity contribution < 1.29 is 4.79 Å². The molecule has 0 spiro atoms. The van der Waals surface area contributed by atoms with E-state index in [9.17, 15) is 4.79 Å². The Kier molecular flexibility index (Phi) is 6.17. The molecule has 0 saturated carbocycles. The van der Waals surface area contributed by atoms with Gasteiger partial charge in [0.2, 0.25) is 0 Å². The highest BCUT2D eigenvalue weighted by atomic mass is 16.2. The summed E-state index contributed by atoms with van der Waals surface area (Å²) in [6.07, 6.45) is 9.47. The molecule has 6 nitrogen and oxygen atoms in total. The average molecular weight is 440 g/mol. The second-order valence-corrected chi connectivity index (χ2v) is 8.59. The number of unbranched alkanes of at least 4 members (excludes halogenated alkanes) is 1. The Balaban J connectivity index is 1.49. The maximum absolute atomic E-state index is 13.5. The minimum absolute atomic E-state index is 0.0472. The molecule has 1 unspecified atom stereocenters. The van der Waals surface area contributed by atoms with Gasteiger partial charge >= 0.3 is 0 Å². The topological polar surface area (TPSA) is 74.8 Å². The highest BCUT2D eigenvalue weighted by molar-refractivity contribution is 6.07. The van der Waals surface area contributed by atoms with Gasteiger partial charge in [-0.25, -0.2) is 5.01 Å². The number of hydrazone groups is 1. The minimum atomic E-state index is -0.288. The first-order valence-electron chi connectivity index (χ1n) is 11.7. The van der Waals surface area contributed by atoms with Crippen LogP contribution in [0.1, 0.15) is 42.7 Å². The molecular weight excluding hydrogens is 410 g/mol. The Hall–Kier alpha value is -3.51. The molecule has 33 heavy (non-hydrogen) atoms. The van der Waals surface area contributed by atoms with Crippen LogP contribution in [0.3, 0.4) is 0 Å². The van der Waals surface area contributed by atoms with Crippen molar-refractivity contribution in [2.75, 3.05) is 24.5 Å². The van der Waals surface area contributed by atoms with Crippen molar-refractivity contribution in [1.82, 2.24) is 9.99 Å². The molecule has 0 aliphatic carbocycles. The number of nitrogens with two attached hydrogens (primary N) is 1. The Morgan fingerprint density at radius 3 is 2.70 bits per heavy atom. The Labute approximate surface area is 194 Å². The van der Waals surface area contributed by atoms with Crippen LogP contribution in [-0.2, 0) is 4.79 Å². The zero-order valence-corrected chi connectivity index (χ0v) is 18.7. The summed E-state index contributed by atoms with van der Waals surface area (Å²) in [6, 6.07) is 18.5. The Morgan fingerprint density at radius 2 is 1.91 bits per heavy atom. The van der Waals surface area contributed by atoms with Crippen LogP contribution in [0.15, 0.2) is 78.2 Å². The molecule has 168 valence electrons. The summed E-state index contributed by atoms with van der Waals surface area (Å²) in [5.74, 6) is -0.240. The number of anilines is 1. The number of fused-ring (bicyclic) bond motifs is 1. The van der Waals surface area contributed by atoms with Gasteiger partial charge in [-0.1, -0.05) is 36.4 Å². The molecular formula is C27H29N5O. The summed E-state index contributed by atoms with van der Waals surface area (Å²) in [6.45, 7) is 2.21. The fraction of sp³-hybridized carbons (Fsp3) is 0.296. The molecule has 0 bridgehead atoms. The lowest BCUT2D eigenvalue weighted by molar-refractivity contribution is -0.133. The molecule has 3 aromatic rings. The molecule has 2 aliphatic rings. The number of pyridine rings is 1. The number of amides is 1.